The Hall–Kier alpha value is -0.180. The van der Waals surface area contributed by atoms with Crippen molar-refractivity contribution < 1.29 is 9.00 Å². The number of carbonyl (C=O) groups is 1. The van der Waals surface area contributed by atoms with Gasteiger partial charge in [0, 0.05) is 33.1 Å². The van der Waals surface area contributed by atoms with Gasteiger partial charge in [-0.15, -0.1) is 0 Å². The van der Waals surface area contributed by atoms with Crippen molar-refractivity contribution in [3.05, 3.63) is 0 Å². The first-order valence-corrected chi connectivity index (χ1v) is 5.98. The summed E-state index contributed by atoms with van der Waals surface area (Å²) in [5.41, 5.74) is 0. The SMILES string of the molecule is CC1C(=O)CCC1S(=O)C(C)(C)C. The minimum atomic E-state index is -0.884. The second kappa shape index (κ2) is 3.52. The Kier molecular flexibility index (Phi) is 2.95. The van der Waals surface area contributed by atoms with Gasteiger partial charge in [-0.05, 0) is 27.2 Å². The molecule has 0 spiro atoms. The average Bonchev–Trinajstić information content (AvgIpc) is 2.30. The van der Waals surface area contributed by atoms with Gasteiger partial charge in [0.2, 0.25) is 0 Å². The van der Waals surface area contributed by atoms with Crippen LogP contribution in [0.2, 0.25) is 0 Å². The van der Waals surface area contributed by atoms with E-state index in [2.05, 4.69) is 0 Å². The smallest absolute Gasteiger partial charge is 0.136 e. The lowest BCUT2D eigenvalue weighted by molar-refractivity contribution is -0.120. The van der Waals surface area contributed by atoms with Gasteiger partial charge in [-0.3, -0.25) is 9.00 Å². The van der Waals surface area contributed by atoms with Gasteiger partial charge in [0.1, 0.15) is 5.78 Å². The highest BCUT2D eigenvalue weighted by Gasteiger charge is 2.39. The van der Waals surface area contributed by atoms with Gasteiger partial charge in [0.05, 0.1) is 0 Å². The molecule has 3 atom stereocenters. The number of ketones is 1. The maximum Gasteiger partial charge on any atom is 0.136 e. The van der Waals surface area contributed by atoms with Crippen LogP contribution < -0.4 is 0 Å². The van der Waals surface area contributed by atoms with Crippen molar-refractivity contribution in [1.29, 1.82) is 0 Å². The fourth-order valence-corrected chi connectivity index (χ4v) is 3.48. The van der Waals surface area contributed by atoms with Gasteiger partial charge in [-0.2, -0.15) is 0 Å². The molecule has 0 radical (unpaired) electrons. The summed E-state index contributed by atoms with van der Waals surface area (Å²) >= 11 is 0. The minimum absolute atomic E-state index is 0.0000540. The van der Waals surface area contributed by atoms with Gasteiger partial charge in [0.15, 0.2) is 0 Å². The first-order valence-electron chi connectivity index (χ1n) is 4.77. The molecule has 0 aromatic carbocycles. The molecule has 0 bridgehead atoms. The number of hydrogen-bond acceptors (Lipinski definition) is 2. The molecule has 0 aliphatic heterocycles. The van der Waals surface area contributed by atoms with Crippen molar-refractivity contribution in [3.63, 3.8) is 0 Å². The van der Waals surface area contributed by atoms with E-state index in [0.29, 0.717) is 6.42 Å². The molecule has 0 amide bonds. The van der Waals surface area contributed by atoms with Crippen LogP contribution in [0.25, 0.3) is 0 Å². The van der Waals surface area contributed by atoms with E-state index in [9.17, 15) is 9.00 Å². The summed E-state index contributed by atoms with van der Waals surface area (Å²) in [6.45, 7) is 7.82. The fourth-order valence-electron chi connectivity index (χ4n) is 1.72. The number of hydrogen-bond donors (Lipinski definition) is 0. The lowest BCUT2D eigenvalue weighted by Gasteiger charge is -2.24. The minimum Gasteiger partial charge on any atom is -0.299 e. The number of rotatable bonds is 1. The van der Waals surface area contributed by atoms with Crippen molar-refractivity contribution in [2.75, 3.05) is 0 Å². The molecule has 1 aliphatic carbocycles. The fraction of sp³-hybridized carbons (Fsp3) is 0.900. The van der Waals surface area contributed by atoms with E-state index in [1.54, 1.807) is 0 Å². The van der Waals surface area contributed by atoms with Crippen molar-refractivity contribution in [2.45, 2.75) is 50.5 Å². The second-order valence-corrected chi connectivity index (χ2v) is 7.17. The molecule has 1 rings (SSSR count). The molecular weight excluding hydrogens is 184 g/mol. The molecule has 0 aromatic rings. The molecular formula is C10H18O2S. The Morgan fingerprint density at radius 2 is 1.92 bits per heavy atom. The zero-order chi connectivity index (χ0) is 10.2. The highest BCUT2D eigenvalue weighted by Crippen LogP contribution is 2.31. The van der Waals surface area contributed by atoms with Crippen molar-refractivity contribution in [1.82, 2.24) is 0 Å². The highest BCUT2D eigenvalue weighted by atomic mass is 32.2. The molecule has 2 nitrogen and oxygen atoms in total. The van der Waals surface area contributed by atoms with Crippen LogP contribution in [0.4, 0.5) is 0 Å². The summed E-state index contributed by atoms with van der Waals surface area (Å²) in [4.78, 5) is 11.3. The van der Waals surface area contributed by atoms with Crippen LogP contribution in [0.5, 0.6) is 0 Å². The van der Waals surface area contributed by atoms with E-state index < -0.39 is 10.8 Å². The van der Waals surface area contributed by atoms with E-state index in [-0.39, 0.29) is 21.7 Å². The quantitative estimate of drug-likeness (QED) is 0.651. The van der Waals surface area contributed by atoms with E-state index in [4.69, 9.17) is 0 Å². The zero-order valence-corrected chi connectivity index (χ0v) is 9.61. The summed E-state index contributed by atoms with van der Waals surface area (Å²) in [7, 11) is -0.884. The Balaban J connectivity index is 2.75. The van der Waals surface area contributed by atoms with Gasteiger partial charge < -0.3 is 0 Å². The predicted octanol–water partition coefficient (Wildman–Crippen LogP) is 1.90. The van der Waals surface area contributed by atoms with Crippen LogP contribution in [-0.4, -0.2) is 20.0 Å². The summed E-state index contributed by atoms with van der Waals surface area (Å²) in [5, 5.41) is 0.0903. The van der Waals surface area contributed by atoms with Crippen LogP contribution in [0, 0.1) is 5.92 Å². The van der Waals surface area contributed by atoms with Gasteiger partial charge in [0.25, 0.3) is 0 Å². The predicted molar refractivity (Wildman–Crippen MR) is 55.1 cm³/mol. The lowest BCUT2D eigenvalue weighted by atomic mass is 10.1. The normalized spacial score (nSPS) is 32.2. The maximum absolute atomic E-state index is 12.0. The van der Waals surface area contributed by atoms with E-state index in [1.807, 2.05) is 27.7 Å². The first-order chi connectivity index (χ1) is 5.84. The molecule has 0 N–H and O–H groups in total. The highest BCUT2D eigenvalue weighted by molar-refractivity contribution is 7.87. The van der Waals surface area contributed by atoms with Gasteiger partial charge in [-0.25, -0.2) is 0 Å². The van der Waals surface area contributed by atoms with Crippen molar-refractivity contribution >= 4 is 16.6 Å². The molecule has 1 fully saturated rings. The van der Waals surface area contributed by atoms with Crippen molar-refractivity contribution in [2.24, 2.45) is 5.92 Å². The van der Waals surface area contributed by atoms with Gasteiger partial charge >= 0.3 is 0 Å². The molecule has 1 saturated carbocycles. The molecule has 0 heterocycles. The number of carbonyl (C=O) groups excluding carboxylic acids is 1. The monoisotopic (exact) mass is 202 g/mol. The van der Waals surface area contributed by atoms with Crippen molar-refractivity contribution in [3.8, 4) is 0 Å². The Bertz CT molecular complexity index is 240. The Morgan fingerprint density at radius 1 is 1.38 bits per heavy atom. The molecule has 1 aliphatic rings. The van der Waals surface area contributed by atoms with Crippen LogP contribution in [0.1, 0.15) is 40.5 Å². The topological polar surface area (TPSA) is 34.1 Å². The summed E-state index contributed by atoms with van der Waals surface area (Å²) in [5.74, 6) is 0.280. The number of Topliss-reactive ketones (excluding diaryl/α,β-unsaturated/α-hetero) is 1. The van der Waals surface area contributed by atoms with Gasteiger partial charge in [-0.1, -0.05) is 6.92 Å². The standard InChI is InChI=1S/C10H18O2S/c1-7-8(11)5-6-9(7)13(12)10(2,3)4/h7,9H,5-6H2,1-4H3. The van der Waals surface area contributed by atoms with Crippen LogP contribution in [0.3, 0.4) is 0 Å². The zero-order valence-electron chi connectivity index (χ0n) is 8.79. The third-order valence-corrected chi connectivity index (χ3v) is 5.02. The molecule has 0 saturated heterocycles. The van der Waals surface area contributed by atoms with E-state index in [0.717, 1.165) is 6.42 Å². The summed E-state index contributed by atoms with van der Waals surface area (Å²) in [6.07, 6.45) is 1.43. The molecule has 13 heavy (non-hydrogen) atoms. The second-order valence-electron chi connectivity index (χ2n) is 4.74. The maximum atomic E-state index is 12.0. The Morgan fingerprint density at radius 3 is 2.23 bits per heavy atom. The van der Waals surface area contributed by atoms with E-state index in [1.165, 1.54) is 0 Å². The molecule has 0 aromatic heterocycles. The molecule has 76 valence electrons. The summed E-state index contributed by atoms with van der Waals surface area (Å²) in [6, 6.07) is 0. The van der Waals surface area contributed by atoms with Crippen LogP contribution in [0.15, 0.2) is 0 Å². The summed E-state index contributed by atoms with van der Waals surface area (Å²) < 4.78 is 11.8. The molecule has 3 heteroatoms. The van der Waals surface area contributed by atoms with Crippen LogP contribution >= 0.6 is 0 Å². The van der Waals surface area contributed by atoms with Crippen LogP contribution in [-0.2, 0) is 15.6 Å². The molecule has 3 unspecified atom stereocenters. The Labute approximate surface area is 82.6 Å². The third kappa shape index (κ3) is 2.19. The lowest BCUT2D eigenvalue weighted by Crippen LogP contribution is -2.33. The largest absolute Gasteiger partial charge is 0.299 e. The average molecular weight is 202 g/mol. The first kappa shape index (κ1) is 10.9. The third-order valence-electron chi connectivity index (χ3n) is 2.62. The van der Waals surface area contributed by atoms with E-state index >= 15 is 0 Å².